The highest BCUT2D eigenvalue weighted by Gasteiger charge is 2.31. The lowest BCUT2D eigenvalue weighted by Crippen LogP contribution is -2.47. The molecule has 68 valence electrons. The van der Waals surface area contributed by atoms with Gasteiger partial charge in [0.15, 0.2) is 0 Å². The Bertz CT molecular complexity index is 208. The Hall–Kier alpha value is -0.600. The molecule has 0 heterocycles. The van der Waals surface area contributed by atoms with Crippen LogP contribution in [0.5, 0.6) is 0 Å². The molecule has 2 heteroatoms. The van der Waals surface area contributed by atoms with Gasteiger partial charge in [-0.3, -0.25) is 0 Å². The van der Waals surface area contributed by atoms with Crippen LogP contribution in [0.25, 0.3) is 0 Å². The zero-order chi connectivity index (χ0) is 9.19. The SMILES string of the molecule is CC(C)CC1(O)C=CC=CC1N. The molecule has 0 amide bonds. The van der Waals surface area contributed by atoms with Crippen molar-refractivity contribution in [1.29, 1.82) is 0 Å². The predicted octanol–water partition coefficient (Wildman–Crippen LogP) is 1.22. The van der Waals surface area contributed by atoms with Gasteiger partial charge in [-0.1, -0.05) is 38.2 Å². The smallest absolute Gasteiger partial charge is 0.102 e. The molecule has 3 N–H and O–H groups in total. The molecule has 0 aromatic heterocycles. The van der Waals surface area contributed by atoms with Crippen molar-refractivity contribution in [1.82, 2.24) is 0 Å². The average Bonchev–Trinajstić information content (AvgIpc) is 1.94. The molecule has 2 atom stereocenters. The van der Waals surface area contributed by atoms with Crippen molar-refractivity contribution in [2.75, 3.05) is 0 Å². The van der Waals surface area contributed by atoms with Crippen LogP contribution in [0.15, 0.2) is 24.3 Å². The third kappa shape index (κ3) is 1.96. The number of hydrogen-bond acceptors (Lipinski definition) is 2. The summed E-state index contributed by atoms with van der Waals surface area (Å²) in [6, 6.07) is -0.259. The lowest BCUT2D eigenvalue weighted by molar-refractivity contribution is 0.0544. The first kappa shape index (κ1) is 9.49. The number of aliphatic hydroxyl groups is 1. The van der Waals surface area contributed by atoms with Crippen LogP contribution in [0, 0.1) is 5.92 Å². The molecule has 0 saturated heterocycles. The van der Waals surface area contributed by atoms with Crippen LogP contribution in [0.4, 0.5) is 0 Å². The molecule has 0 spiro atoms. The Balaban J connectivity index is 2.69. The van der Waals surface area contributed by atoms with Crippen molar-refractivity contribution in [3.8, 4) is 0 Å². The Labute approximate surface area is 73.8 Å². The predicted molar refractivity (Wildman–Crippen MR) is 50.7 cm³/mol. The molecule has 0 aliphatic heterocycles. The Morgan fingerprint density at radius 2 is 2.17 bits per heavy atom. The summed E-state index contributed by atoms with van der Waals surface area (Å²) in [7, 11) is 0. The monoisotopic (exact) mass is 167 g/mol. The van der Waals surface area contributed by atoms with Gasteiger partial charge in [-0.15, -0.1) is 0 Å². The van der Waals surface area contributed by atoms with Crippen molar-refractivity contribution in [3.05, 3.63) is 24.3 Å². The van der Waals surface area contributed by atoms with E-state index in [-0.39, 0.29) is 6.04 Å². The fourth-order valence-corrected chi connectivity index (χ4v) is 1.54. The standard InChI is InChI=1S/C10H17NO/c1-8(2)7-10(12)6-4-3-5-9(10)11/h3-6,8-9,12H,7,11H2,1-2H3. The Morgan fingerprint density at radius 3 is 2.67 bits per heavy atom. The summed E-state index contributed by atoms with van der Waals surface area (Å²) < 4.78 is 0. The molecule has 2 nitrogen and oxygen atoms in total. The third-order valence-electron chi connectivity index (χ3n) is 2.13. The summed E-state index contributed by atoms with van der Waals surface area (Å²) in [5.74, 6) is 0.456. The second-order valence-corrected chi connectivity index (χ2v) is 3.86. The van der Waals surface area contributed by atoms with E-state index < -0.39 is 5.60 Å². The molecule has 0 aromatic rings. The zero-order valence-electron chi connectivity index (χ0n) is 7.70. The largest absolute Gasteiger partial charge is 0.384 e. The van der Waals surface area contributed by atoms with E-state index in [1.54, 1.807) is 6.08 Å². The van der Waals surface area contributed by atoms with E-state index >= 15 is 0 Å². The first-order valence-electron chi connectivity index (χ1n) is 4.38. The quantitative estimate of drug-likeness (QED) is 0.649. The minimum Gasteiger partial charge on any atom is -0.384 e. The fraction of sp³-hybridized carbons (Fsp3) is 0.600. The van der Waals surface area contributed by atoms with Gasteiger partial charge >= 0.3 is 0 Å². The topological polar surface area (TPSA) is 46.2 Å². The van der Waals surface area contributed by atoms with Gasteiger partial charge in [0.2, 0.25) is 0 Å². The molecule has 0 saturated carbocycles. The highest BCUT2D eigenvalue weighted by atomic mass is 16.3. The van der Waals surface area contributed by atoms with Gasteiger partial charge in [0, 0.05) is 0 Å². The summed E-state index contributed by atoms with van der Waals surface area (Å²) in [4.78, 5) is 0. The van der Waals surface area contributed by atoms with Gasteiger partial charge < -0.3 is 10.8 Å². The number of allylic oxidation sites excluding steroid dienone is 2. The molecular formula is C10H17NO. The molecule has 12 heavy (non-hydrogen) atoms. The highest BCUT2D eigenvalue weighted by Crippen LogP contribution is 2.24. The zero-order valence-corrected chi connectivity index (χ0v) is 7.70. The summed E-state index contributed by atoms with van der Waals surface area (Å²) in [6.07, 6.45) is 8.07. The minimum atomic E-state index is -0.830. The summed E-state index contributed by atoms with van der Waals surface area (Å²) in [6.45, 7) is 4.16. The van der Waals surface area contributed by atoms with E-state index in [1.165, 1.54) is 0 Å². The summed E-state index contributed by atoms with van der Waals surface area (Å²) in [5.41, 5.74) is 4.94. The second-order valence-electron chi connectivity index (χ2n) is 3.86. The minimum absolute atomic E-state index is 0.259. The molecule has 0 radical (unpaired) electrons. The lowest BCUT2D eigenvalue weighted by Gasteiger charge is -2.32. The van der Waals surface area contributed by atoms with E-state index in [0.717, 1.165) is 6.42 Å². The van der Waals surface area contributed by atoms with Crippen LogP contribution in [0.3, 0.4) is 0 Å². The van der Waals surface area contributed by atoms with E-state index in [9.17, 15) is 5.11 Å². The normalized spacial score (nSPS) is 34.6. The highest BCUT2D eigenvalue weighted by molar-refractivity contribution is 5.23. The maximum Gasteiger partial charge on any atom is 0.102 e. The van der Waals surface area contributed by atoms with Crippen molar-refractivity contribution in [2.24, 2.45) is 11.7 Å². The van der Waals surface area contributed by atoms with Crippen LogP contribution < -0.4 is 5.73 Å². The molecule has 0 bridgehead atoms. The first-order chi connectivity index (χ1) is 5.54. The molecule has 1 aliphatic rings. The van der Waals surface area contributed by atoms with E-state index in [4.69, 9.17) is 5.73 Å². The molecule has 1 aliphatic carbocycles. The molecule has 0 fully saturated rings. The van der Waals surface area contributed by atoms with Crippen molar-refractivity contribution >= 4 is 0 Å². The maximum absolute atomic E-state index is 10.0. The van der Waals surface area contributed by atoms with Gasteiger partial charge in [0.25, 0.3) is 0 Å². The van der Waals surface area contributed by atoms with Crippen LogP contribution in [0.2, 0.25) is 0 Å². The van der Waals surface area contributed by atoms with E-state index in [1.807, 2.05) is 18.2 Å². The third-order valence-corrected chi connectivity index (χ3v) is 2.13. The molecule has 1 rings (SSSR count). The average molecular weight is 167 g/mol. The van der Waals surface area contributed by atoms with Gasteiger partial charge in [0.05, 0.1) is 6.04 Å². The Kier molecular flexibility index (Phi) is 2.70. The van der Waals surface area contributed by atoms with Crippen LogP contribution in [-0.2, 0) is 0 Å². The second kappa shape index (κ2) is 3.42. The van der Waals surface area contributed by atoms with Crippen molar-refractivity contribution in [3.63, 3.8) is 0 Å². The van der Waals surface area contributed by atoms with Crippen LogP contribution in [-0.4, -0.2) is 16.7 Å². The molecule has 2 unspecified atom stereocenters. The van der Waals surface area contributed by atoms with Gasteiger partial charge in [-0.05, 0) is 12.3 Å². The van der Waals surface area contributed by atoms with Gasteiger partial charge in [-0.25, -0.2) is 0 Å². The molecular weight excluding hydrogens is 150 g/mol. The number of nitrogens with two attached hydrogens (primary N) is 1. The lowest BCUT2D eigenvalue weighted by atomic mass is 9.83. The van der Waals surface area contributed by atoms with Crippen molar-refractivity contribution in [2.45, 2.75) is 31.9 Å². The maximum atomic E-state index is 10.0. The van der Waals surface area contributed by atoms with Gasteiger partial charge in [0.1, 0.15) is 5.60 Å². The Morgan fingerprint density at radius 1 is 1.50 bits per heavy atom. The number of hydrogen-bond donors (Lipinski definition) is 2. The van der Waals surface area contributed by atoms with Crippen LogP contribution in [0.1, 0.15) is 20.3 Å². The number of rotatable bonds is 2. The van der Waals surface area contributed by atoms with Gasteiger partial charge in [-0.2, -0.15) is 0 Å². The van der Waals surface area contributed by atoms with Crippen LogP contribution >= 0.6 is 0 Å². The molecule has 0 aromatic carbocycles. The van der Waals surface area contributed by atoms with E-state index in [2.05, 4.69) is 13.8 Å². The van der Waals surface area contributed by atoms with E-state index in [0.29, 0.717) is 5.92 Å². The summed E-state index contributed by atoms with van der Waals surface area (Å²) in [5, 5.41) is 10.0. The fourth-order valence-electron chi connectivity index (χ4n) is 1.54. The summed E-state index contributed by atoms with van der Waals surface area (Å²) >= 11 is 0. The van der Waals surface area contributed by atoms with Crippen molar-refractivity contribution < 1.29 is 5.11 Å². The first-order valence-corrected chi connectivity index (χ1v) is 4.38.